The van der Waals surface area contributed by atoms with Crippen molar-refractivity contribution in [1.29, 1.82) is 0 Å². The number of Topliss-reactive ketones (excluding diaryl/α,β-unsaturated/α-hetero) is 2. The van der Waals surface area contributed by atoms with Gasteiger partial charge in [0.1, 0.15) is 5.78 Å². The van der Waals surface area contributed by atoms with E-state index in [1.807, 2.05) is 17.0 Å². The quantitative estimate of drug-likeness (QED) is 0.490. The highest BCUT2D eigenvalue weighted by Gasteiger charge is 2.24. The second-order valence-corrected chi connectivity index (χ2v) is 8.19. The Morgan fingerprint density at radius 1 is 1.03 bits per heavy atom. The molecule has 0 radical (unpaired) electrons. The van der Waals surface area contributed by atoms with Gasteiger partial charge in [-0.15, -0.1) is 0 Å². The summed E-state index contributed by atoms with van der Waals surface area (Å²) in [5.74, 6) is 0.209. The summed E-state index contributed by atoms with van der Waals surface area (Å²) in [5, 5.41) is 0.700. The van der Waals surface area contributed by atoms with Crippen LogP contribution >= 0.6 is 0 Å². The zero-order valence-corrected chi connectivity index (χ0v) is 17.2. The topological polar surface area (TPSA) is 70.2 Å². The number of ketones is 2. The summed E-state index contributed by atoms with van der Waals surface area (Å²) in [6, 6.07) is 15.9. The molecule has 1 N–H and O–H groups in total. The van der Waals surface area contributed by atoms with Gasteiger partial charge in [0.2, 0.25) is 0 Å². The molecule has 4 rings (SSSR count). The van der Waals surface area contributed by atoms with Crippen LogP contribution in [0.5, 0.6) is 0 Å². The van der Waals surface area contributed by atoms with Crippen molar-refractivity contribution in [3.63, 3.8) is 0 Å². The first-order valence-electron chi connectivity index (χ1n) is 10.5. The number of hydrogen-bond donors (Lipinski definition) is 1. The van der Waals surface area contributed by atoms with Crippen LogP contribution in [-0.2, 0) is 11.2 Å². The molecule has 0 aliphatic carbocycles. The van der Waals surface area contributed by atoms with Crippen LogP contribution < -0.4 is 0 Å². The van der Waals surface area contributed by atoms with Gasteiger partial charge in [0, 0.05) is 41.3 Å². The standard InChI is InChI=1S/C25H26N2O3/c1-17(28)13-24(29)22-16-26-23-8-7-20(15-21(22)23)25(30)27-11-9-19(10-12-27)14-18-5-3-2-4-6-18/h2-8,15-16,19,26H,9-14H2,1H3. The van der Waals surface area contributed by atoms with Crippen LogP contribution in [0.25, 0.3) is 10.9 Å². The predicted molar refractivity (Wildman–Crippen MR) is 117 cm³/mol. The van der Waals surface area contributed by atoms with Crippen LogP contribution in [0.3, 0.4) is 0 Å². The molecular formula is C25H26N2O3. The summed E-state index contributed by atoms with van der Waals surface area (Å²) in [6.07, 6.45) is 4.55. The van der Waals surface area contributed by atoms with E-state index in [1.165, 1.54) is 12.5 Å². The number of likely N-dealkylation sites (tertiary alicyclic amines) is 1. The lowest BCUT2D eigenvalue weighted by molar-refractivity contribution is -0.116. The van der Waals surface area contributed by atoms with Crippen molar-refractivity contribution in [2.45, 2.75) is 32.6 Å². The highest BCUT2D eigenvalue weighted by Crippen LogP contribution is 2.25. The van der Waals surface area contributed by atoms with Crippen molar-refractivity contribution >= 4 is 28.4 Å². The first kappa shape index (κ1) is 20.1. The fourth-order valence-electron chi connectivity index (χ4n) is 4.28. The Morgan fingerprint density at radius 3 is 2.47 bits per heavy atom. The van der Waals surface area contributed by atoms with Gasteiger partial charge in [-0.2, -0.15) is 0 Å². The van der Waals surface area contributed by atoms with E-state index in [0.717, 1.165) is 37.9 Å². The van der Waals surface area contributed by atoms with Gasteiger partial charge >= 0.3 is 0 Å². The molecule has 2 aromatic carbocycles. The largest absolute Gasteiger partial charge is 0.360 e. The minimum atomic E-state index is -0.222. The average molecular weight is 402 g/mol. The third kappa shape index (κ3) is 4.35. The van der Waals surface area contributed by atoms with E-state index < -0.39 is 0 Å². The summed E-state index contributed by atoms with van der Waals surface area (Å²) in [5.41, 5.74) is 3.19. The number of carbonyl (C=O) groups excluding carboxylic acids is 3. The Hall–Kier alpha value is -3.21. The van der Waals surface area contributed by atoms with E-state index in [2.05, 4.69) is 29.2 Å². The normalized spacial score (nSPS) is 14.8. The zero-order chi connectivity index (χ0) is 21.1. The first-order valence-corrected chi connectivity index (χ1v) is 10.5. The molecule has 1 aliphatic rings. The third-order valence-corrected chi connectivity index (χ3v) is 5.91. The molecule has 0 unspecified atom stereocenters. The summed E-state index contributed by atoms with van der Waals surface area (Å²) >= 11 is 0. The van der Waals surface area contributed by atoms with Crippen LogP contribution in [0.2, 0.25) is 0 Å². The lowest BCUT2D eigenvalue weighted by Gasteiger charge is -2.32. The van der Waals surface area contributed by atoms with E-state index in [0.29, 0.717) is 22.4 Å². The Kier molecular flexibility index (Phi) is 5.79. The Morgan fingerprint density at radius 2 is 1.77 bits per heavy atom. The highest BCUT2D eigenvalue weighted by molar-refractivity contribution is 6.14. The molecule has 0 spiro atoms. The van der Waals surface area contributed by atoms with Crippen molar-refractivity contribution in [1.82, 2.24) is 9.88 Å². The van der Waals surface area contributed by atoms with Crippen molar-refractivity contribution in [2.75, 3.05) is 13.1 Å². The smallest absolute Gasteiger partial charge is 0.253 e. The number of aromatic amines is 1. The van der Waals surface area contributed by atoms with Crippen LogP contribution in [0.4, 0.5) is 0 Å². The molecule has 0 bridgehead atoms. The SMILES string of the molecule is CC(=O)CC(=O)c1c[nH]c2ccc(C(=O)N3CCC(Cc4ccccc4)CC3)cc12. The summed E-state index contributed by atoms with van der Waals surface area (Å²) in [7, 11) is 0. The molecule has 0 saturated carbocycles. The maximum Gasteiger partial charge on any atom is 0.253 e. The van der Waals surface area contributed by atoms with E-state index in [-0.39, 0.29) is 23.9 Å². The minimum absolute atomic E-state index is 0.00114. The van der Waals surface area contributed by atoms with Gasteiger partial charge < -0.3 is 9.88 Å². The monoisotopic (exact) mass is 402 g/mol. The van der Waals surface area contributed by atoms with Gasteiger partial charge in [-0.1, -0.05) is 30.3 Å². The third-order valence-electron chi connectivity index (χ3n) is 5.91. The molecule has 1 saturated heterocycles. The molecule has 5 nitrogen and oxygen atoms in total. The average Bonchev–Trinajstić information content (AvgIpc) is 3.17. The lowest BCUT2D eigenvalue weighted by Crippen LogP contribution is -2.38. The maximum absolute atomic E-state index is 13.1. The number of benzene rings is 2. The summed E-state index contributed by atoms with van der Waals surface area (Å²) in [4.78, 5) is 41.7. The molecule has 2 heterocycles. The van der Waals surface area contributed by atoms with Gasteiger partial charge in [0.25, 0.3) is 5.91 Å². The molecule has 1 aliphatic heterocycles. The number of amides is 1. The Bertz CT molecular complexity index is 1080. The van der Waals surface area contributed by atoms with E-state index in [9.17, 15) is 14.4 Å². The van der Waals surface area contributed by atoms with Gasteiger partial charge in [-0.05, 0) is 55.9 Å². The number of carbonyl (C=O) groups is 3. The number of aromatic nitrogens is 1. The van der Waals surface area contributed by atoms with Gasteiger partial charge in [-0.25, -0.2) is 0 Å². The van der Waals surface area contributed by atoms with Crippen molar-refractivity contribution in [3.8, 4) is 0 Å². The zero-order valence-electron chi connectivity index (χ0n) is 17.2. The van der Waals surface area contributed by atoms with Crippen LogP contribution in [-0.4, -0.2) is 40.4 Å². The lowest BCUT2D eigenvalue weighted by atomic mass is 9.90. The Balaban J connectivity index is 1.44. The molecule has 154 valence electrons. The van der Waals surface area contributed by atoms with Crippen LogP contribution in [0, 0.1) is 5.92 Å². The maximum atomic E-state index is 13.1. The second-order valence-electron chi connectivity index (χ2n) is 8.19. The highest BCUT2D eigenvalue weighted by atomic mass is 16.2. The number of rotatable bonds is 6. The van der Waals surface area contributed by atoms with Crippen LogP contribution in [0.1, 0.15) is 52.5 Å². The Labute approximate surface area is 176 Å². The minimum Gasteiger partial charge on any atom is -0.360 e. The molecule has 1 aromatic heterocycles. The number of nitrogens with zero attached hydrogens (tertiary/aromatic N) is 1. The van der Waals surface area contributed by atoms with Crippen molar-refractivity contribution < 1.29 is 14.4 Å². The van der Waals surface area contributed by atoms with Crippen LogP contribution in [0.15, 0.2) is 54.7 Å². The number of piperidine rings is 1. The van der Waals surface area contributed by atoms with E-state index in [1.54, 1.807) is 18.3 Å². The molecule has 1 amide bonds. The first-order chi connectivity index (χ1) is 14.5. The summed E-state index contributed by atoms with van der Waals surface area (Å²) < 4.78 is 0. The fraction of sp³-hybridized carbons (Fsp3) is 0.320. The predicted octanol–water partition coefficient (Wildman–Crippen LogP) is 4.42. The van der Waals surface area contributed by atoms with Crippen molar-refractivity contribution in [2.24, 2.45) is 5.92 Å². The van der Waals surface area contributed by atoms with E-state index >= 15 is 0 Å². The second kappa shape index (κ2) is 8.66. The molecule has 5 heteroatoms. The van der Waals surface area contributed by atoms with E-state index in [4.69, 9.17) is 0 Å². The van der Waals surface area contributed by atoms with Gasteiger partial charge in [0.05, 0.1) is 6.42 Å². The molecule has 3 aromatic rings. The van der Waals surface area contributed by atoms with Crippen molar-refractivity contribution in [3.05, 3.63) is 71.4 Å². The fourth-order valence-corrected chi connectivity index (χ4v) is 4.28. The summed E-state index contributed by atoms with van der Waals surface area (Å²) in [6.45, 7) is 2.90. The van der Waals surface area contributed by atoms with Gasteiger partial charge in [-0.3, -0.25) is 14.4 Å². The number of nitrogens with one attached hydrogen (secondary N) is 1. The molecule has 0 atom stereocenters. The molecule has 30 heavy (non-hydrogen) atoms. The number of fused-ring (bicyclic) bond motifs is 1. The number of hydrogen-bond acceptors (Lipinski definition) is 3. The number of H-pyrrole nitrogens is 1. The molecular weight excluding hydrogens is 376 g/mol. The molecule has 1 fully saturated rings. The van der Waals surface area contributed by atoms with Gasteiger partial charge in [0.15, 0.2) is 5.78 Å².